The lowest BCUT2D eigenvalue weighted by Gasteiger charge is -2.35. The maximum atomic E-state index is 2.49. The van der Waals surface area contributed by atoms with Crippen molar-refractivity contribution >= 4 is 38.9 Å². The number of fused-ring (bicyclic) bond motifs is 6. The maximum absolute atomic E-state index is 2.49. The molecule has 2 heteroatoms. The van der Waals surface area contributed by atoms with Gasteiger partial charge in [-0.15, -0.1) is 0 Å². The van der Waals surface area contributed by atoms with Crippen LogP contribution in [0.25, 0.3) is 60.9 Å². The van der Waals surface area contributed by atoms with Crippen LogP contribution in [0.5, 0.6) is 0 Å². The van der Waals surface area contributed by atoms with E-state index in [-0.39, 0.29) is 0 Å². The van der Waals surface area contributed by atoms with E-state index in [0.29, 0.717) is 0 Å². The van der Waals surface area contributed by atoms with Crippen LogP contribution in [0.1, 0.15) is 27.8 Å². The Bertz CT molecular complexity index is 3380. The molecule has 0 N–H and O–H groups in total. The molecule has 1 aromatic heterocycles. The Morgan fingerprint density at radius 2 is 0.875 bits per heavy atom. The Morgan fingerprint density at radius 3 is 1.53 bits per heavy atom. The van der Waals surface area contributed by atoms with Crippen molar-refractivity contribution in [3.8, 4) is 39.1 Å². The molecule has 1 aliphatic carbocycles. The van der Waals surface area contributed by atoms with Crippen molar-refractivity contribution in [1.29, 1.82) is 0 Å². The summed E-state index contributed by atoms with van der Waals surface area (Å²) in [6, 6.07) is 91.3. The molecule has 12 rings (SSSR count). The van der Waals surface area contributed by atoms with Gasteiger partial charge < -0.3 is 9.47 Å². The summed E-state index contributed by atoms with van der Waals surface area (Å²) in [5.41, 5.74) is 20.0. The summed E-state index contributed by atoms with van der Waals surface area (Å²) in [4.78, 5) is 2.46. The van der Waals surface area contributed by atoms with Gasteiger partial charge in [-0.3, -0.25) is 0 Å². The van der Waals surface area contributed by atoms with Gasteiger partial charge in [0.15, 0.2) is 0 Å². The van der Waals surface area contributed by atoms with Crippen LogP contribution in [-0.4, -0.2) is 4.57 Å². The van der Waals surface area contributed by atoms with Crippen molar-refractivity contribution in [3.05, 3.63) is 277 Å². The van der Waals surface area contributed by atoms with Gasteiger partial charge in [-0.25, -0.2) is 0 Å². The molecule has 0 spiro atoms. The molecule has 302 valence electrons. The average Bonchev–Trinajstić information content (AvgIpc) is 3.85. The second-order valence-corrected chi connectivity index (χ2v) is 16.9. The minimum Gasteiger partial charge on any atom is -0.310 e. The van der Waals surface area contributed by atoms with E-state index in [9.17, 15) is 0 Å². The van der Waals surface area contributed by atoms with Crippen LogP contribution in [0, 0.1) is 6.92 Å². The minimum atomic E-state index is -0.514. The van der Waals surface area contributed by atoms with Gasteiger partial charge in [0, 0.05) is 33.5 Å². The molecule has 1 heterocycles. The molecule has 0 fully saturated rings. The Labute approximate surface area is 374 Å². The molecule has 0 aliphatic heterocycles. The zero-order valence-corrected chi connectivity index (χ0v) is 35.6. The molecule has 0 amide bonds. The predicted molar refractivity (Wildman–Crippen MR) is 268 cm³/mol. The summed E-state index contributed by atoms with van der Waals surface area (Å²) < 4.78 is 2.38. The quantitative estimate of drug-likeness (QED) is 0.148. The van der Waals surface area contributed by atoms with Crippen molar-refractivity contribution in [2.24, 2.45) is 0 Å². The van der Waals surface area contributed by atoms with Crippen LogP contribution in [-0.2, 0) is 5.41 Å². The Morgan fingerprint density at radius 1 is 0.359 bits per heavy atom. The monoisotopic (exact) mass is 816 g/mol. The zero-order valence-electron chi connectivity index (χ0n) is 35.6. The first kappa shape index (κ1) is 37.6. The number of hydrogen-bond acceptors (Lipinski definition) is 1. The van der Waals surface area contributed by atoms with E-state index in [2.05, 4.69) is 265 Å². The summed E-state index contributed by atoms with van der Waals surface area (Å²) in [6.45, 7) is 2.27. The lowest BCUT2D eigenvalue weighted by Crippen LogP contribution is -2.28. The smallest absolute Gasteiger partial charge is 0.0714 e. The number of anilines is 3. The second-order valence-electron chi connectivity index (χ2n) is 16.9. The van der Waals surface area contributed by atoms with Crippen molar-refractivity contribution in [2.45, 2.75) is 12.3 Å². The number of benzene rings is 10. The normalized spacial score (nSPS) is 12.6. The molecule has 11 aromatic rings. The topological polar surface area (TPSA) is 8.17 Å². The number of aryl methyl sites for hydroxylation is 1. The fraction of sp³-hybridized carbons (Fsp3) is 0.0323. The van der Waals surface area contributed by atoms with Gasteiger partial charge in [0.2, 0.25) is 0 Å². The van der Waals surface area contributed by atoms with E-state index in [4.69, 9.17) is 0 Å². The van der Waals surface area contributed by atoms with Crippen molar-refractivity contribution in [3.63, 3.8) is 0 Å². The third-order valence-electron chi connectivity index (χ3n) is 13.4. The summed E-state index contributed by atoms with van der Waals surface area (Å²) in [7, 11) is 0. The third-order valence-corrected chi connectivity index (χ3v) is 13.4. The summed E-state index contributed by atoms with van der Waals surface area (Å²) in [5.74, 6) is 0. The molecule has 0 atom stereocenters. The Hall–Kier alpha value is -8.20. The highest BCUT2D eigenvalue weighted by molar-refractivity contribution is 6.09. The third kappa shape index (κ3) is 5.95. The Balaban J connectivity index is 1.03. The molecule has 64 heavy (non-hydrogen) atoms. The molecule has 2 nitrogen and oxygen atoms in total. The molecule has 1 aliphatic rings. The molecule has 0 radical (unpaired) electrons. The standard InChI is InChI=1S/C62H44N2/c1-43-40-56-53-26-11-14-29-57(53)62(48-21-7-3-8-22-48,49-23-9-4-10-24-49)58(56)42-61(43)63(50-36-32-45(33-37-50)44-18-5-2-6-19-44)52-25-17-20-47(41-52)46-34-38-51(39-35-46)64-59-30-15-12-27-54(59)55-28-13-16-31-60(55)64/h2-42H,1H3. The van der Waals surface area contributed by atoms with Gasteiger partial charge in [-0.1, -0.05) is 188 Å². The van der Waals surface area contributed by atoms with E-state index in [1.165, 1.54) is 77.4 Å². The number of aromatic nitrogens is 1. The van der Waals surface area contributed by atoms with Crippen LogP contribution in [0.3, 0.4) is 0 Å². The van der Waals surface area contributed by atoms with Crippen molar-refractivity contribution in [2.75, 3.05) is 4.90 Å². The van der Waals surface area contributed by atoms with Gasteiger partial charge in [-0.05, 0) is 129 Å². The molecular formula is C62H44N2. The summed E-state index contributed by atoms with van der Waals surface area (Å²) in [6.07, 6.45) is 0. The molecular weight excluding hydrogens is 773 g/mol. The van der Waals surface area contributed by atoms with Crippen LogP contribution in [0.15, 0.2) is 249 Å². The molecule has 10 aromatic carbocycles. The van der Waals surface area contributed by atoms with Crippen LogP contribution < -0.4 is 4.90 Å². The molecule has 0 bridgehead atoms. The highest BCUT2D eigenvalue weighted by Crippen LogP contribution is 2.58. The summed E-state index contributed by atoms with van der Waals surface area (Å²) >= 11 is 0. The fourth-order valence-electron chi connectivity index (χ4n) is 10.5. The summed E-state index contributed by atoms with van der Waals surface area (Å²) in [5, 5.41) is 2.53. The van der Waals surface area contributed by atoms with Gasteiger partial charge in [0.25, 0.3) is 0 Å². The van der Waals surface area contributed by atoms with Crippen LogP contribution in [0.4, 0.5) is 17.1 Å². The minimum absolute atomic E-state index is 0.514. The van der Waals surface area contributed by atoms with Gasteiger partial charge >= 0.3 is 0 Å². The number of nitrogens with zero attached hydrogens (tertiary/aromatic N) is 2. The lowest BCUT2D eigenvalue weighted by molar-refractivity contribution is 0.768. The van der Waals surface area contributed by atoms with Crippen LogP contribution in [0.2, 0.25) is 0 Å². The van der Waals surface area contributed by atoms with E-state index in [1.807, 2.05) is 0 Å². The van der Waals surface area contributed by atoms with Gasteiger partial charge in [-0.2, -0.15) is 0 Å². The predicted octanol–water partition coefficient (Wildman–Crippen LogP) is 16.3. The first-order valence-corrected chi connectivity index (χ1v) is 22.2. The van der Waals surface area contributed by atoms with E-state index >= 15 is 0 Å². The number of hydrogen-bond donors (Lipinski definition) is 0. The average molecular weight is 817 g/mol. The first-order chi connectivity index (χ1) is 31.7. The number of rotatable bonds is 8. The van der Waals surface area contributed by atoms with Crippen molar-refractivity contribution in [1.82, 2.24) is 4.57 Å². The van der Waals surface area contributed by atoms with E-state index in [0.717, 1.165) is 28.3 Å². The maximum Gasteiger partial charge on any atom is 0.0714 e. The Kier molecular flexibility index (Phi) is 8.98. The number of para-hydroxylation sites is 2. The first-order valence-electron chi connectivity index (χ1n) is 22.2. The van der Waals surface area contributed by atoms with Gasteiger partial charge in [0.1, 0.15) is 0 Å². The van der Waals surface area contributed by atoms with Crippen molar-refractivity contribution < 1.29 is 0 Å². The zero-order chi connectivity index (χ0) is 42.6. The van der Waals surface area contributed by atoms with Gasteiger partial charge in [0.05, 0.1) is 16.4 Å². The largest absolute Gasteiger partial charge is 0.310 e. The second kappa shape index (κ2) is 15.3. The van der Waals surface area contributed by atoms with E-state index < -0.39 is 5.41 Å². The fourth-order valence-corrected chi connectivity index (χ4v) is 10.5. The highest BCUT2D eigenvalue weighted by atomic mass is 15.1. The lowest BCUT2D eigenvalue weighted by atomic mass is 9.67. The molecule has 0 unspecified atom stereocenters. The SMILES string of the molecule is Cc1cc2c(cc1N(c1ccc(-c3ccccc3)cc1)c1cccc(-c3ccc(-n4c5ccccc5c5ccccc54)cc3)c1)C(c1ccccc1)(c1ccccc1)c1ccccc1-2. The van der Waals surface area contributed by atoms with E-state index in [1.54, 1.807) is 0 Å². The molecule has 0 saturated heterocycles. The van der Waals surface area contributed by atoms with Crippen LogP contribution >= 0.6 is 0 Å². The highest BCUT2D eigenvalue weighted by Gasteiger charge is 2.46. The molecule has 0 saturated carbocycles.